The third kappa shape index (κ3) is 4.38. The van der Waals surface area contributed by atoms with Crippen LogP contribution in [0.15, 0.2) is 72.8 Å². The monoisotopic (exact) mass is 445 g/mol. The molecule has 2 heterocycles. The minimum absolute atomic E-state index is 0.0420. The highest BCUT2D eigenvalue weighted by atomic mass is 19.1. The summed E-state index contributed by atoms with van der Waals surface area (Å²) >= 11 is 0. The van der Waals surface area contributed by atoms with Crippen LogP contribution in [0.25, 0.3) is 0 Å². The maximum Gasteiger partial charge on any atom is 0.225 e. The normalized spacial score (nSPS) is 19.5. The quantitative estimate of drug-likeness (QED) is 0.645. The Labute approximate surface area is 193 Å². The SMILES string of the molecule is COc1ccc(N2CCN3c4ccccc4C[C@H](C(=O)NCc4ccc(F)cc4)[C@@H]3C2)cc1. The fourth-order valence-electron chi connectivity index (χ4n) is 5.01. The first kappa shape index (κ1) is 21.3. The average molecular weight is 446 g/mol. The molecular formula is C27H28FN3O2. The molecule has 0 saturated carbocycles. The summed E-state index contributed by atoms with van der Waals surface area (Å²) in [6, 6.07) is 22.9. The third-order valence-corrected chi connectivity index (χ3v) is 6.78. The molecule has 6 heteroatoms. The van der Waals surface area contributed by atoms with Gasteiger partial charge in [-0.1, -0.05) is 30.3 Å². The summed E-state index contributed by atoms with van der Waals surface area (Å²) in [6.07, 6.45) is 0.711. The Hall–Kier alpha value is -3.54. The molecule has 1 saturated heterocycles. The van der Waals surface area contributed by atoms with E-state index in [9.17, 15) is 9.18 Å². The number of hydrogen-bond acceptors (Lipinski definition) is 4. The first-order chi connectivity index (χ1) is 16.1. The van der Waals surface area contributed by atoms with Crippen LogP contribution in [0.5, 0.6) is 5.75 Å². The third-order valence-electron chi connectivity index (χ3n) is 6.78. The number of methoxy groups -OCH3 is 1. The minimum Gasteiger partial charge on any atom is -0.497 e. The fraction of sp³-hybridized carbons (Fsp3) is 0.296. The number of carbonyl (C=O) groups excluding carboxylic acids is 1. The smallest absolute Gasteiger partial charge is 0.225 e. The lowest BCUT2D eigenvalue weighted by Gasteiger charge is -2.49. The Balaban J connectivity index is 1.37. The van der Waals surface area contributed by atoms with Gasteiger partial charge in [0.2, 0.25) is 5.91 Å². The molecule has 0 aromatic heterocycles. The summed E-state index contributed by atoms with van der Waals surface area (Å²) in [6.45, 7) is 2.91. The number of benzene rings is 3. The number of halogens is 1. The number of nitrogens with one attached hydrogen (secondary N) is 1. The van der Waals surface area contributed by atoms with E-state index in [-0.39, 0.29) is 23.7 Å². The van der Waals surface area contributed by atoms with E-state index in [0.29, 0.717) is 13.0 Å². The van der Waals surface area contributed by atoms with Crippen molar-refractivity contribution in [3.63, 3.8) is 0 Å². The predicted molar refractivity (Wildman–Crippen MR) is 128 cm³/mol. The minimum atomic E-state index is -0.273. The Morgan fingerprint density at radius 1 is 1.03 bits per heavy atom. The lowest BCUT2D eigenvalue weighted by molar-refractivity contribution is -0.126. The van der Waals surface area contributed by atoms with Crippen LogP contribution in [-0.2, 0) is 17.8 Å². The number of amides is 1. The summed E-state index contributed by atoms with van der Waals surface area (Å²) in [7, 11) is 1.67. The van der Waals surface area contributed by atoms with Crippen molar-refractivity contribution in [2.75, 3.05) is 36.5 Å². The summed E-state index contributed by atoms with van der Waals surface area (Å²) in [5.41, 5.74) is 4.48. The summed E-state index contributed by atoms with van der Waals surface area (Å²) in [5, 5.41) is 3.10. The fourth-order valence-corrected chi connectivity index (χ4v) is 5.01. The molecule has 33 heavy (non-hydrogen) atoms. The molecule has 1 N–H and O–H groups in total. The van der Waals surface area contributed by atoms with Gasteiger partial charge in [0, 0.05) is 37.6 Å². The van der Waals surface area contributed by atoms with Crippen LogP contribution in [0.2, 0.25) is 0 Å². The zero-order chi connectivity index (χ0) is 22.8. The predicted octanol–water partition coefficient (Wildman–Crippen LogP) is 4.02. The molecular weight excluding hydrogens is 417 g/mol. The zero-order valence-electron chi connectivity index (χ0n) is 18.7. The highest BCUT2D eigenvalue weighted by Gasteiger charge is 2.41. The molecule has 5 rings (SSSR count). The largest absolute Gasteiger partial charge is 0.497 e. The van der Waals surface area contributed by atoms with Gasteiger partial charge in [0.15, 0.2) is 0 Å². The van der Waals surface area contributed by atoms with Gasteiger partial charge in [-0.15, -0.1) is 0 Å². The number of nitrogens with zero attached hydrogens (tertiary/aromatic N) is 2. The van der Waals surface area contributed by atoms with Crippen molar-refractivity contribution in [1.29, 1.82) is 0 Å². The maximum atomic E-state index is 13.4. The molecule has 2 atom stereocenters. The average Bonchev–Trinajstić information content (AvgIpc) is 2.87. The lowest BCUT2D eigenvalue weighted by Crippen LogP contribution is -2.61. The van der Waals surface area contributed by atoms with Crippen molar-refractivity contribution in [1.82, 2.24) is 5.32 Å². The van der Waals surface area contributed by atoms with Gasteiger partial charge in [0.1, 0.15) is 11.6 Å². The van der Waals surface area contributed by atoms with Gasteiger partial charge < -0.3 is 19.9 Å². The van der Waals surface area contributed by atoms with Gasteiger partial charge in [0.05, 0.1) is 19.1 Å². The van der Waals surface area contributed by atoms with Gasteiger partial charge in [-0.3, -0.25) is 4.79 Å². The Kier molecular flexibility index (Phi) is 5.90. The van der Waals surface area contributed by atoms with Crippen molar-refractivity contribution in [2.45, 2.75) is 19.0 Å². The van der Waals surface area contributed by atoms with Crippen molar-refractivity contribution in [3.05, 3.63) is 89.7 Å². The number of anilines is 2. The van der Waals surface area contributed by atoms with Crippen molar-refractivity contribution < 1.29 is 13.9 Å². The Bertz CT molecular complexity index is 1120. The summed E-state index contributed by atoms with van der Waals surface area (Å²) in [5.74, 6) is 0.439. The highest BCUT2D eigenvalue weighted by molar-refractivity contribution is 5.82. The van der Waals surface area contributed by atoms with Crippen LogP contribution in [0, 0.1) is 11.7 Å². The van der Waals surface area contributed by atoms with Gasteiger partial charge in [-0.2, -0.15) is 0 Å². The second-order valence-electron chi connectivity index (χ2n) is 8.69. The number of fused-ring (bicyclic) bond motifs is 3. The van der Waals surface area contributed by atoms with Crippen LogP contribution in [-0.4, -0.2) is 38.7 Å². The molecule has 2 aliphatic heterocycles. The number of ether oxygens (including phenoxy) is 1. The molecule has 0 radical (unpaired) electrons. The second kappa shape index (κ2) is 9.14. The molecule has 170 valence electrons. The van der Waals surface area contributed by atoms with Gasteiger partial charge in [-0.05, 0) is 60.0 Å². The van der Waals surface area contributed by atoms with E-state index in [4.69, 9.17) is 4.74 Å². The molecule has 0 unspecified atom stereocenters. The zero-order valence-corrected chi connectivity index (χ0v) is 18.7. The van der Waals surface area contributed by atoms with E-state index in [1.54, 1.807) is 19.2 Å². The van der Waals surface area contributed by atoms with Crippen molar-refractivity contribution >= 4 is 17.3 Å². The van der Waals surface area contributed by atoms with E-state index in [0.717, 1.165) is 36.6 Å². The number of rotatable bonds is 5. The maximum absolute atomic E-state index is 13.4. The van der Waals surface area contributed by atoms with Crippen molar-refractivity contribution in [3.8, 4) is 5.75 Å². The van der Waals surface area contributed by atoms with Crippen LogP contribution in [0.1, 0.15) is 11.1 Å². The number of carbonyl (C=O) groups is 1. The first-order valence-corrected chi connectivity index (χ1v) is 11.4. The molecule has 1 fully saturated rings. The van der Waals surface area contributed by atoms with Crippen LogP contribution in [0.4, 0.5) is 15.8 Å². The molecule has 3 aromatic rings. The number of piperazine rings is 1. The number of para-hydroxylation sites is 1. The molecule has 0 spiro atoms. The molecule has 0 aliphatic carbocycles. The van der Waals surface area contributed by atoms with Gasteiger partial charge >= 0.3 is 0 Å². The summed E-state index contributed by atoms with van der Waals surface area (Å²) in [4.78, 5) is 18.1. The van der Waals surface area contributed by atoms with Crippen molar-refractivity contribution in [2.24, 2.45) is 5.92 Å². The molecule has 3 aromatic carbocycles. The Morgan fingerprint density at radius 3 is 2.55 bits per heavy atom. The molecule has 0 bridgehead atoms. The molecule has 5 nitrogen and oxygen atoms in total. The van der Waals surface area contributed by atoms with Crippen LogP contribution < -0.4 is 19.9 Å². The highest BCUT2D eigenvalue weighted by Crippen LogP contribution is 2.37. The second-order valence-corrected chi connectivity index (χ2v) is 8.69. The van der Waals surface area contributed by atoms with Gasteiger partial charge in [0.25, 0.3) is 0 Å². The van der Waals surface area contributed by atoms with Gasteiger partial charge in [-0.25, -0.2) is 4.39 Å². The first-order valence-electron chi connectivity index (χ1n) is 11.4. The van der Waals surface area contributed by atoms with E-state index in [2.05, 4.69) is 45.4 Å². The standard InChI is InChI=1S/C27H28FN3O2/c1-33-23-12-10-22(11-13-23)30-14-15-31-25-5-3-2-4-20(25)16-24(26(31)18-30)27(32)29-17-19-6-8-21(28)9-7-19/h2-13,24,26H,14-18H2,1H3,(H,29,32)/t24-,26-/m0/s1. The van der Waals surface area contributed by atoms with E-state index in [1.165, 1.54) is 23.4 Å². The molecule has 2 aliphatic rings. The Morgan fingerprint density at radius 2 is 1.79 bits per heavy atom. The van der Waals surface area contributed by atoms with E-state index < -0.39 is 0 Å². The van der Waals surface area contributed by atoms with Crippen LogP contribution >= 0.6 is 0 Å². The van der Waals surface area contributed by atoms with Crippen LogP contribution in [0.3, 0.4) is 0 Å². The number of hydrogen-bond donors (Lipinski definition) is 1. The summed E-state index contributed by atoms with van der Waals surface area (Å²) < 4.78 is 18.5. The lowest BCUT2D eigenvalue weighted by atomic mass is 9.83. The van der Waals surface area contributed by atoms with E-state index >= 15 is 0 Å². The topological polar surface area (TPSA) is 44.8 Å². The molecule has 1 amide bonds. The van der Waals surface area contributed by atoms with E-state index in [1.807, 2.05) is 18.2 Å².